The number of thioether (sulfide) groups is 1. The SMILES string of the molecule is CC1C(CC#N)Sc2ccc(Cl)cc2N1C. The van der Waals surface area contributed by atoms with Gasteiger partial charge in [-0.05, 0) is 25.1 Å². The Labute approximate surface area is 105 Å². The third kappa shape index (κ3) is 2.00. The summed E-state index contributed by atoms with van der Waals surface area (Å²) in [6, 6.07) is 8.54. The summed E-state index contributed by atoms with van der Waals surface area (Å²) in [6.45, 7) is 2.15. The maximum absolute atomic E-state index is 8.81. The van der Waals surface area contributed by atoms with Gasteiger partial charge in [-0.25, -0.2) is 0 Å². The fraction of sp³-hybridized carbons (Fsp3) is 0.417. The summed E-state index contributed by atoms with van der Waals surface area (Å²) < 4.78 is 0. The minimum Gasteiger partial charge on any atom is -0.370 e. The minimum absolute atomic E-state index is 0.337. The van der Waals surface area contributed by atoms with E-state index in [1.54, 1.807) is 11.8 Å². The van der Waals surface area contributed by atoms with E-state index >= 15 is 0 Å². The molecule has 0 spiro atoms. The summed E-state index contributed by atoms with van der Waals surface area (Å²) in [4.78, 5) is 3.42. The molecule has 0 N–H and O–H groups in total. The van der Waals surface area contributed by atoms with Gasteiger partial charge in [0.05, 0.1) is 11.8 Å². The Kier molecular flexibility index (Phi) is 3.32. The maximum atomic E-state index is 8.81. The van der Waals surface area contributed by atoms with Gasteiger partial charge >= 0.3 is 0 Å². The van der Waals surface area contributed by atoms with Gasteiger partial charge in [-0.2, -0.15) is 5.26 Å². The van der Waals surface area contributed by atoms with Crippen molar-refractivity contribution in [2.75, 3.05) is 11.9 Å². The number of benzene rings is 1. The van der Waals surface area contributed by atoms with E-state index in [0.717, 1.165) is 5.02 Å². The van der Waals surface area contributed by atoms with Crippen molar-refractivity contribution in [3.05, 3.63) is 23.2 Å². The molecule has 1 heterocycles. The average Bonchev–Trinajstić information content (AvgIpc) is 2.27. The van der Waals surface area contributed by atoms with Crippen molar-refractivity contribution in [2.24, 2.45) is 0 Å². The van der Waals surface area contributed by atoms with Crippen molar-refractivity contribution >= 4 is 29.1 Å². The van der Waals surface area contributed by atoms with Crippen molar-refractivity contribution in [3.8, 4) is 6.07 Å². The van der Waals surface area contributed by atoms with Crippen molar-refractivity contribution < 1.29 is 0 Å². The lowest BCUT2D eigenvalue weighted by molar-refractivity contribution is 0.639. The summed E-state index contributed by atoms with van der Waals surface area (Å²) in [5.74, 6) is 0. The van der Waals surface area contributed by atoms with Crippen LogP contribution in [0.2, 0.25) is 5.02 Å². The fourth-order valence-electron chi connectivity index (χ4n) is 1.90. The number of hydrogen-bond donors (Lipinski definition) is 0. The molecule has 0 bridgehead atoms. The van der Waals surface area contributed by atoms with Crippen LogP contribution in [0.15, 0.2) is 23.1 Å². The number of halogens is 1. The first-order chi connectivity index (χ1) is 7.63. The van der Waals surface area contributed by atoms with Crippen LogP contribution in [-0.2, 0) is 0 Å². The van der Waals surface area contributed by atoms with Crippen molar-refractivity contribution in [2.45, 2.75) is 29.5 Å². The summed E-state index contributed by atoms with van der Waals surface area (Å²) in [6.07, 6.45) is 0.582. The van der Waals surface area contributed by atoms with Gasteiger partial charge < -0.3 is 4.90 Å². The van der Waals surface area contributed by atoms with Gasteiger partial charge in [0.15, 0.2) is 0 Å². The number of nitrogens with zero attached hydrogens (tertiary/aromatic N) is 2. The highest BCUT2D eigenvalue weighted by Crippen LogP contribution is 2.42. The number of hydrogen-bond acceptors (Lipinski definition) is 3. The predicted octanol–water partition coefficient (Wildman–Crippen LogP) is 3.55. The Morgan fingerprint density at radius 3 is 3.00 bits per heavy atom. The Bertz CT molecular complexity index is 441. The van der Waals surface area contributed by atoms with Crippen LogP contribution < -0.4 is 4.90 Å². The third-order valence-electron chi connectivity index (χ3n) is 3.02. The van der Waals surface area contributed by atoms with Crippen LogP contribution in [-0.4, -0.2) is 18.3 Å². The minimum atomic E-state index is 0.337. The van der Waals surface area contributed by atoms with Gasteiger partial charge in [-0.1, -0.05) is 11.6 Å². The van der Waals surface area contributed by atoms with Crippen LogP contribution in [0.25, 0.3) is 0 Å². The molecule has 0 aliphatic carbocycles. The summed E-state index contributed by atoms with van der Waals surface area (Å²) in [7, 11) is 2.06. The van der Waals surface area contributed by atoms with Crippen LogP contribution in [0.4, 0.5) is 5.69 Å². The molecule has 1 aromatic rings. The lowest BCUT2D eigenvalue weighted by Gasteiger charge is -2.38. The molecule has 4 heteroatoms. The third-order valence-corrected chi connectivity index (χ3v) is 4.72. The average molecular weight is 253 g/mol. The molecule has 1 aliphatic heterocycles. The first-order valence-corrected chi connectivity index (χ1v) is 6.45. The second kappa shape index (κ2) is 4.57. The van der Waals surface area contributed by atoms with E-state index in [9.17, 15) is 0 Å². The largest absolute Gasteiger partial charge is 0.370 e. The van der Waals surface area contributed by atoms with Crippen LogP contribution >= 0.6 is 23.4 Å². The molecule has 2 nitrogen and oxygen atoms in total. The van der Waals surface area contributed by atoms with Crippen molar-refractivity contribution in [1.82, 2.24) is 0 Å². The van der Waals surface area contributed by atoms with Gasteiger partial charge in [0.25, 0.3) is 0 Å². The molecule has 0 saturated heterocycles. The Balaban J connectivity index is 2.37. The first kappa shape index (κ1) is 11.6. The summed E-state index contributed by atoms with van der Waals surface area (Å²) >= 11 is 7.78. The number of nitriles is 1. The highest BCUT2D eigenvalue weighted by molar-refractivity contribution is 8.00. The predicted molar refractivity (Wildman–Crippen MR) is 69.2 cm³/mol. The van der Waals surface area contributed by atoms with Crippen LogP contribution in [0.1, 0.15) is 13.3 Å². The second-order valence-corrected chi connectivity index (χ2v) is 5.70. The van der Waals surface area contributed by atoms with Gasteiger partial charge in [-0.15, -0.1) is 11.8 Å². The molecule has 2 atom stereocenters. The Morgan fingerprint density at radius 2 is 2.31 bits per heavy atom. The lowest BCUT2D eigenvalue weighted by atomic mass is 10.1. The highest BCUT2D eigenvalue weighted by atomic mass is 35.5. The monoisotopic (exact) mass is 252 g/mol. The molecule has 0 aromatic heterocycles. The molecule has 1 aliphatic rings. The summed E-state index contributed by atoms with van der Waals surface area (Å²) in [5.41, 5.74) is 1.17. The molecule has 2 unspecified atom stereocenters. The van der Waals surface area contributed by atoms with E-state index in [2.05, 4.69) is 24.9 Å². The first-order valence-electron chi connectivity index (χ1n) is 5.19. The number of rotatable bonds is 1. The maximum Gasteiger partial charge on any atom is 0.0634 e. The van der Waals surface area contributed by atoms with Gasteiger partial charge in [0.1, 0.15) is 0 Å². The zero-order valence-electron chi connectivity index (χ0n) is 9.27. The zero-order chi connectivity index (χ0) is 11.7. The van der Waals surface area contributed by atoms with E-state index in [4.69, 9.17) is 16.9 Å². The van der Waals surface area contributed by atoms with E-state index < -0.39 is 0 Å². The molecule has 84 valence electrons. The standard InChI is InChI=1S/C12H13ClN2S/c1-8-11(5-6-14)16-12-4-3-9(13)7-10(12)15(8)2/h3-4,7-8,11H,5H2,1-2H3. The van der Waals surface area contributed by atoms with Gasteiger partial charge in [0.2, 0.25) is 0 Å². The molecule has 0 radical (unpaired) electrons. The zero-order valence-corrected chi connectivity index (χ0v) is 10.8. The van der Waals surface area contributed by atoms with Crippen LogP contribution in [0, 0.1) is 11.3 Å². The quantitative estimate of drug-likeness (QED) is 0.765. The molecule has 16 heavy (non-hydrogen) atoms. The normalized spacial score (nSPS) is 23.8. The van der Waals surface area contributed by atoms with Gasteiger partial charge in [0, 0.05) is 34.7 Å². The van der Waals surface area contributed by atoms with Crippen LogP contribution in [0.3, 0.4) is 0 Å². The second-order valence-electron chi connectivity index (χ2n) is 3.98. The van der Waals surface area contributed by atoms with Crippen LogP contribution in [0.5, 0.6) is 0 Å². The Morgan fingerprint density at radius 1 is 1.56 bits per heavy atom. The molecule has 0 fully saturated rings. The fourth-order valence-corrected chi connectivity index (χ4v) is 3.40. The van der Waals surface area contributed by atoms with Crippen molar-refractivity contribution in [1.29, 1.82) is 5.26 Å². The molecule has 0 amide bonds. The van der Waals surface area contributed by atoms with E-state index in [1.165, 1.54) is 10.6 Å². The van der Waals surface area contributed by atoms with Crippen molar-refractivity contribution in [3.63, 3.8) is 0 Å². The molecular weight excluding hydrogens is 240 g/mol. The van der Waals surface area contributed by atoms with E-state index in [0.29, 0.717) is 17.7 Å². The number of fused-ring (bicyclic) bond motifs is 1. The molecule has 0 saturated carbocycles. The number of anilines is 1. The highest BCUT2D eigenvalue weighted by Gasteiger charge is 2.29. The molecule has 1 aromatic carbocycles. The Hall–Kier alpha value is -0.850. The topological polar surface area (TPSA) is 27.0 Å². The molecule has 2 rings (SSSR count). The molecular formula is C12H13ClN2S. The van der Waals surface area contributed by atoms with E-state index in [-0.39, 0.29) is 0 Å². The summed E-state index contributed by atoms with van der Waals surface area (Å²) in [5, 5.41) is 9.91. The smallest absolute Gasteiger partial charge is 0.0634 e. The van der Waals surface area contributed by atoms with Gasteiger partial charge in [-0.3, -0.25) is 0 Å². The lowest BCUT2D eigenvalue weighted by Crippen LogP contribution is -2.40. The van der Waals surface area contributed by atoms with E-state index in [1.807, 2.05) is 18.2 Å².